The fraction of sp³-hybridized carbons (Fsp3) is 0.333. The summed E-state index contributed by atoms with van der Waals surface area (Å²) >= 11 is 7.62. The van der Waals surface area contributed by atoms with Crippen molar-refractivity contribution < 1.29 is 14.3 Å². The van der Waals surface area contributed by atoms with Crippen LogP contribution in [0.5, 0.6) is 5.75 Å². The van der Waals surface area contributed by atoms with E-state index in [1.807, 2.05) is 77.7 Å². The molecule has 0 aromatic heterocycles. The lowest BCUT2D eigenvalue weighted by molar-refractivity contribution is -0.128. The summed E-state index contributed by atoms with van der Waals surface area (Å²) in [4.78, 5) is 27.8. The van der Waals surface area contributed by atoms with Crippen molar-refractivity contribution in [3.05, 3.63) is 100 Å². The highest BCUT2D eigenvalue weighted by Gasteiger charge is 2.39. The van der Waals surface area contributed by atoms with Crippen LogP contribution in [0.4, 0.5) is 0 Å². The van der Waals surface area contributed by atoms with Gasteiger partial charge in [0.15, 0.2) is 0 Å². The van der Waals surface area contributed by atoms with Gasteiger partial charge >= 0.3 is 0 Å². The second kappa shape index (κ2) is 10.8. The molecule has 1 saturated heterocycles. The van der Waals surface area contributed by atoms with Gasteiger partial charge in [-0.1, -0.05) is 67.9 Å². The number of amides is 2. The highest BCUT2D eigenvalue weighted by molar-refractivity contribution is 8.00. The van der Waals surface area contributed by atoms with E-state index >= 15 is 0 Å². The van der Waals surface area contributed by atoms with Crippen LogP contribution in [0.25, 0.3) is 0 Å². The van der Waals surface area contributed by atoms with E-state index in [1.54, 1.807) is 11.8 Å². The molecule has 0 spiro atoms. The molecule has 192 valence electrons. The molecule has 3 aromatic rings. The van der Waals surface area contributed by atoms with Crippen molar-refractivity contribution in [2.24, 2.45) is 0 Å². The number of carbonyl (C=O) groups is 2. The first-order valence-corrected chi connectivity index (χ1v) is 14.2. The van der Waals surface area contributed by atoms with Gasteiger partial charge in [-0.2, -0.15) is 0 Å². The number of fused-ring (bicyclic) bond motifs is 1. The van der Waals surface area contributed by atoms with Gasteiger partial charge in [0, 0.05) is 29.1 Å². The Labute approximate surface area is 227 Å². The number of thioether (sulfide) groups is 1. The molecule has 37 heavy (non-hydrogen) atoms. The summed E-state index contributed by atoms with van der Waals surface area (Å²) in [6, 6.07) is 23.1. The number of rotatable bonds is 7. The number of ether oxygens (including phenoxy) is 1. The second-order valence-electron chi connectivity index (χ2n) is 9.69. The summed E-state index contributed by atoms with van der Waals surface area (Å²) in [5.74, 6) is 1.30. The summed E-state index contributed by atoms with van der Waals surface area (Å²) in [5, 5.41) is 3.85. The summed E-state index contributed by atoms with van der Waals surface area (Å²) in [6.45, 7) is 4.80. The Morgan fingerprint density at radius 3 is 2.46 bits per heavy atom. The average Bonchev–Trinajstić information content (AvgIpc) is 3.29. The Morgan fingerprint density at radius 2 is 1.76 bits per heavy atom. The Morgan fingerprint density at radius 1 is 1.05 bits per heavy atom. The molecule has 5 nitrogen and oxygen atoms in total. The average molecular weight is 535 g/mol. The lowest BCUT2D eigenvalue weighted by Gasteiger charge is -2.41. The van der Waals surface area contributed by atoms with E-state index in [9.17, 15) is 9.59 Å². The molecule has 2 atom stereocenters. The fourth-order valence-electron chi connectivity index (χ4n) is 5.16. The van der Waals surface area contributed by atoms with Gasteiger partial charge in [-0.25, -0.2) is 0 Å². The molecule has 0 aliphatic carbocycles. The summed E-state index contributed by atoms with van der Waals surface area (Å²) in [7, 11) is 0. The third kappa shape index (κ3) is 5.36. The van der Waals surface area contributed by atoms with Gasteiger partial charge in [0.05, 0.1) is 11.8 Å². The Kier molecular flexibility index (Phi) is 7.50. The van der Waals surface area contributed by atoms with Gasteiger partial charge in [0.1, 0.15) is 16.7 Å². The SMILES string of the molecule is CCC1(CC)C[C@H](NC(=O)c2ccc([C@@H]3SCC(=O)N3Cc3ccc(Cl)cc3)cc2)c2ccccc2O1. The van der Waals surface area contributed by atoms with Crippen LogP contribution in [0.2, 0.25) is 5.02 Å². The maximum Gasteiger partial charge on any atom is 0.251 e. The lowest BCUT2D eigenvalue weighted by Crippen LogP contribution is -2.44. The van der Waals surface area contributed by atoms with Gasteiger partial charge in [-0.3, -0.25) is 9.59 Å². The van der Waals surface area contributed by atoms with E-state index in [2.05, 4.69) is 19.2 Å². The van der Waals surface area contributed by atoms with Crippen LogP contribution in [-0.4, -0.2) is 28.1 Å². The number of carbonyl (C=O) groups excluding carboxylic acids is 2. The van der Waals surface area contributed by atoms with Crippen LogP contribution < -0.4 is 10.1 Å². The highest BCUT2D eigenvalue weighted by atomic mass is 35.5. The molecule has 1 fully saturated rings. The number of hydrogen-bond acceptors (Lipinski definition) is 4. The maximum atomic E-state index is 13.3. The summed E-state index contributed by atoms with van der Waals surface area (Å²) in [5.41, 5.74) is 3.38. The molecule has 5 rings (SSSR count). The van der Waals surface area contributed by atoms with E-state index in [4.69, 9.17) is 16.3 Å². The minimum absolute atomic E-state index is 0.0858. The summed E-state index contributed by atoms with van der Waals surface area (Å²) in [6.07, 6.45) is 2.49. The molecule has 2 heterocycles. The molecule has 0 bridgehead atoms. The number of hydrogen-bond donors (Lipinski definition) is 1. The molecule has 1 N–H and O–H groups in total. The fourth-order valence-corrected chi connectivity index (χ4v) is 6.47. The predicted octanol–water partition coefficient (Wildman–Crippen LogP) is 6.93. The van der Waals surface area contributed by atoms with Crippen LogP contribution >= 0.6 is 23.4 Å². The van der Waals surface area contributed by atoms with Gasteiger partial charge in [-0.15, -0.1) is 11.8 Å². The van der Waals surface area contributed by atoms with Crippen LogP contribution in [0.1, 0.15) is 71.6 Å². The predicted molar refractivity (Wildman–Crippen MR) is 149 cm³/mol. The Balaban J connectivity index is 1.31. The second-order valence-corrected chi connectivity index (χ2v) is 11.2. The van der Waals surface area contributed by atoms with E-state index in [0.29, 0.717) is 22.9 Å². The molecule has 0 unspecified atom stereocenters. The minimum atomic E-state index is -0.282. The molecule has 2 aliphatic heterocycles. The first-order valence-electron chi connectivity index (χ1n) is 12.8. The van der Waals surface area contributed by atoms with Crippen molar-refractivity contribution in [3.8, 4) is 5.75 Å². The maximum absolute atomic E-state index is 13.3. The Bertz CT molecular complexity index is 1270. The zero-order valence-corrected chi connectivity index (χ0v) is 22.6. The molecule has 0 saturated carbocycles. The zero-order valence-electron chi connectivity index (χ0n) is 21.1. The van der Waals surface area contributed by atoms with E-state index < -0.39 is 0 Å². The van der Waals surface area contributed by atoms with E-state index in [0.717, 1.165) is 41.7 Å². The smallest absolute Gasteiger partial charge is 0.251 e. The molecule has 3 aromatic carbocycles. The third-order valence-corrected chi connectivity index (χ3v) is 8.99. The Hall–Kier alpha value is -2.96. The van der Waals surface area contributed by atoms with Crippen molar-refractivity contribution in [1.82, 2.24) is 10.2 Å². The molecule has 7 heteroatoms. The monoisotopic (exact) mass is 534 g/mol. The standard InChI is InChI=1S/C30H31ClN2O3S/c1-3-30(4-2)17-25(24-7-5-6-8-26(24)36-30)32-28(35)21-11-13-22(14-12-21)29-33(27(34)19-37-29)18-20-9-15-23(31)16-10-20/h5-16,25,29H,3-4,17-19H2,1-2H3,(H,32,35)/t25-,29-/m0/s1. The molecular formula is C30H31ClN2O3S. The van der Waals surface area contributed by atoms with Gasteiger partial charge in [0.25, 0.3) is 5.91 Å². The van der Waals surface area contributed by atoms with Crippen LogP contribution in [0.15, 0.2) is 72.8 Å². The molecule has 2 aliphatic rings. The van der Waals surface area contributed by atoms with Crippen molar-refractivity contribution in [3.63, 3.8) is 0 Å². The lowest BCUT2D eigenvalue weighted by atomic mass is 9.83. The zero-order chi connectivity index (χ0) is 26.0. The normalized spacial score (nSPS) is 20.3. The van der Waals surface area contributed by atoms with Crippen molar-refractivity contribution in [2.45, 2.75) is 56.7 Å². The number of nitrogens with one attached hydrogen (secondary N) is 1. The summed E-state index contributed by atoms with van der Waals surface area (Å²) < 4.78 is 6.38. The van der Waals surface area contributed by atoms with Crippen LogP contribution in [0.3, 0.4) is 0 Å². The van der Waals surface area contributed by atoms with Crippen molar-refractivity contribution in [2.75, 3.05) is 5.75 Å². The first kappa shape index (κ1) is 25.7. The van der Waals surface area contributed by atoms with Crippen LogP contribution in [-0.2, 0) is 11.3 Å². The van der Waals surface area contributed by atoms with E-state index in [-0.39, 0.29) is 28.8 Å². The molecular weight excluding hydrogens is 504 g/mol. The van der Waals surface area contributed by atoms with Gasteiger partial charge in [-0.05, 0) is 54.3 Å². The number of nitrogens with zero attached hydrogens (tertiary/aromatic N) is 1. The molecule has 0 radical (unpaired) electrons. The quantitative estimate of drug-likeness (QED) is 0.357. The van der Waals surface area contributed by atoms with Gasteiger partial charge < -0.3 is 15.0 Å². The number of halogens is 1. The largest absolute Gasteiger partial charge is 0.487 e. The van der Waals surface area contributed by atoms with Gasteiger partial charge in [0.2, 0.25) is 5.91 Å². The van der Waals surface area contributed by atoms with Crippen molar-refractivity contribution in [1.29, 1.82) is 0 Å². The van der Waals surface area contributed by atoms with Crippen LogP contribution in [0, 0.1) is 0 Å². The van der Waals surface area contributed by atoms with E-state index in [1.165, 1.54) is 0 Å². The molecule has 2 amide bonds. The number of para-hydroxylation sites is 1. The highest BCUT2D eigenvalue weighted by Crippen LogP contribution is 2.43. The minimum Gasteiger partial charge on any atom is -0.487 e. The van der Waals surface area contributed by atoms with Crippen molar-refractivity contribution >= 4 is 35.2 Å². The topological polar surface area (TPSA) is 58.6 Å². The first-order chi connectivity index (χ1) is 17.9. The number of benzene rings is 3. The third-order valence-electron chi connectivity index (χ3n) is 7.48.